The Kier molecular flexibility index (Phi) is 4.70. The second kappa shape index (κ2) is 6.04. The SMILES string of the molecule is CC(=O)OCC1=C(OC(C)=O)C[C@H](OC(C)=O)O1. The largest absolute Gasteiger partial charge is 0.458 e. The summed E-state index contributed by atoms with van der Waals surface area (Å²) >= 11 is 0. The van der Waals surface area contributed by atoms with E-state index in [1.165, 1.54) is 20.8 Å². The highest BCUT2D eigenvalue weighted by atomic mass is 16.7. The summed E-state index contributed by atoms with van der Waals surface area (Å²) in [4.78, 5) is 32.4. The van der Waals surface area contributed by atoms with Gasteiger partial charge in [0.2, 0.25) is 0 Å². The molecule has 1 aliphatic rings. The number of ether oxygens (including phenoxy) is 4. The van der Waals surface area contributed by atoms with Crippen LogP contribution < -0.4 is 0 Å². The topological polar surface area (TPSA) is 88.1 Å². The molecule has 0 saturated heterocycles. The quantitative estimate of drug-likeness (QED) is 0.539. The van der Waals surface area contributed by atoms with Crippen molar-refractivity contribution >= 4 is 17.9 Å². The zero-order valence-corrected chi connectivity index (χ0v) is 10.3. The number of carbonyl (C=O) groups is 3. The van der Waals surface area contributed by atoms with E-state index < -0.39 is 24.2 Å². The Morgan fingerprint density at radius 1 is 1.17 bits per heavy atom. The van der Waals surface area contributed by atoms with E-state index in [1.807, 2.05) is 0 Å². The minimum absolute atomic E-state index is 0.107. The highest BCUT2D eigenvalue weighted by Crippen LogP contribution is 2.27. The average Bonchev–Trinajstić information content (AvgIpc) is 2.55. The first-order valence-corrected chi connectivity index (χ1v) is 5.26. The third-order valence-electron chi connectivity index (χ3n) is 1.91. The lowest BCUT2D eigenvalue weighted by Crippen LogP contribution is -2.16. The van der Waals surface area contributed by atoms with Crippen molar-refractivity contribution in [3.8, 4) is 0 Å². The molecule has 1 atom stereocenters. The van der Waals surface area contributed by atoms with E-state index in [4.69, 9.17) is 18.9 Å². The van der Waals surface area contributed by atoms with Gasteiger partial charge in [0.25, 0.3) is 6.29 Å². The predicted molar refractivity (Wildman–Crippen MR) is 56.7 cm³/mol. The minimum atomic E-state index is -0.859. The summed E-state index contributed by atoms with van der Waals surface area (Å²) in [5, 5.41) is 0. The lowest BCUT2D eigenvalue weighted by molar-refractivity contribution is -0.167. The van der Waals surface area contributed by atoms with E-state index in [2.05, 4.69) is 0 Å². The van der Waals surface area contributed by atoms with Crippen molar-refractivity contribution in [1.82, 2.24) is 0 Å². The van der Waals surface area contributed by atoms with Crippen molar-refractivity contribution < 1.29 is 33.3 Å². The molecule has 0 N–H and O–H groups in total. The average molecular weight is 258 g/mol. The Morgan fingerprint density at radius 2 is 1.83 bits per heavy atom. The van der Waals surface area contributed by atoms with Gasteiger partial charge >= 0.3 is 17.9 Å². The molecule has 1 rings (SSSR count). The maximum absolute atomic E-state index is 10.9. The Labute approximate surface area is 104 Å². The van der Waals surface area contributed by atoms with Gasteiger partial charge in [-0.1, -0.05) is 0 Å². The van der Waals surface area contributed by atoms with Crippen LogP contribution in [0.15, 0.2) is 11.5 Å². The maximum Gasteiger partial charge on any atom is 0.307 e. The van der Waals surface area contributed by atoms with Crippen LogP contribution in [0.4, 0.5) is 0 Å². The first kappa shape index (κ1) is 14.0. The molecule has 0 aliphatic carbocycles. The highest BCUT2D eigenvalue weighted by molar-refractivity contribution is 5.68. The summed E-state index contributed by atoms with van der Waals surface area (Å²) in [6.07, 6.45) is -0.752. The van der Waals surface area contributed by atoms with Gasteiger partial charge in [-0.05, 0) is 0 Å². The summed E-state index contributed by atoms with van der Waals surface area (Å²) in [7, 11) is 0. The summed E-state index contributed by atoms with van der Waals surface area (Å²) < 4.78 is 19.7. The summed E-state index contributed by atoms with van der Waals surface area (Å²) in [5.74, 6) is -1.17. The van der Waals surface area contributed by atoms with Crippen molar-refractivity contribution in [2.24, 2.45) is 0 Å². The molecule has 0 radical (unpaired) electrons. The van der Waals surface area contributed by atoms with E-state index in [9.17, 15) is 14.4 Å². The van der Waals surface area contributed by atoms with Gasteiger partial charge in [-0.2, -0.15) is 0 Å². The fourth-order valence-corrected chi connectivity index (χ4v) is 1.34. The number of esters is 3. The second-order valence-electron chi connectivity index (χ2n) is 3.58. The Balaban J connectivity index is 2.66. The van der Waals surface area contributed by atoms with Gasteiger partial charge in [0, 0.05) is 20.8 Å². The van der Waals surface area contributed by atoms with Crippen LogP contribution >= 0.6 is 0 Å². The van der Waals surface area contributed by atoms with Crippen molar-refractivity contribution in [2.45, 2.75) is 33.5 Å². The van der Waals surface area contributed by atoms with Crippen LogP contribution in [0.5, 0.6) is 0 Å². The molecule has 0 spiro atoms. The van der Waals surface area contributed by atoms with Crippen LogP contribution in [0.2, 0.25) is 0 Å². The fraction of sp³-hybridized carbons (Fsp3) is 0.545. The Morgan fingerprint density at radius 3 is 2.33 bits per heavy atom. The molecule has 100 valence electrons. The van der Waals surface area contributed by atoms with Crippen molar-refractivity contribution in [2.75, 3.05) is 6.61 Å². The molecule has 0 amide bonds. The zero-order valence-electron chi connectivity index (χ0n) is 10.3. The van der Waals surface area contributed by atoms with E-state index >= 15 is 0 Å². The molecule has 18 heavy (non-hydrogen) atoms. The smallest absolute Gasteiger partial charge is 0.307 e. The third kappa shape index (κ3) is 4.44. The van der Waals surface area contributed by atoms with Gasteiger partial charge < -0.3 is 18.9 Å². The predicted octanol–water partition coefficient (Wildman–Crippen LogP) is 0.634. The molecule has 0 unspecified atom stereocenters. The molecule has 0 aromatic carbocycles. The van der Waals surface area contributed by atoms with Crippen LogP contribution in [0.25, 0.3) is 0 Å². The van der Waals surface area contributed by atoms with Crippen LogP contribution in [-0.4, -0.2) is 30.8 Å². The van der Waals surface area contributed by atoms with Crippen LogP contribution in [-0.2, 0) is 33.3 Å². The van der Waals surface area contributed by atoms with Crippen LogP contribution in [0.3, 0.4) is 0 Å². The van der Waals surface area contributed by atoms with Gasteiger partial charge in [-0.15, -0.1) is 0 Å². The molecule has 0 bridgehead atoms. The molecule has 7 heteroatoms. The van der Waals surface area contributed by atoms with Gasteiger partial charge in [0.05, 0.1) is 6.42 Å². The van der Waals surface area contributed by atoms with E-state index in [0.29, 0.717) is 0 Å². The summed E-state index contributed by atoms with van der Waals surface area (Å²) in [6, 6.07) is 0. The first-order valence-electron chi connectivity index (χ1n) is 5.26. The lowest BCUT2D eigenvalue weighted by Gasteiger charge is -2.11. The number of rotatable bonds is 4. The molecule has 1 aliphatic heterocycles. The molecule has 1 heterocycles. The number of carbonyl (C=O) groups excluding carboxylic acids is 3. The van der Waals surface area contributed by atoms with Crippen LogP contribution in [0.1, 0.15) is 27.2 Å². The minimum Gasteiger partial charge on any atom is -0.458 e. The third-order valence-corrected chi connectivity index (χ3v) is 1.91. The monoisotopic (exact) mass is 258 g/mol. The van der Waals surface area contributed by atoms with E-state index in [-0.39, 0.29) is 24.5 Å². The van der Waals surface area contributed by atoms with E-state index in [0.717, 1.165) is 0 Å². The van der Waals surface area contributed by atoms with Gasteiger partial charge in [0.15, 0.2) is 18.1 Å². The Bertz CT molecular complexity index is 396. The molecule has 0 saturated carbocycles. The van der Waals surface area contributed by atoms with Gasteiger partial charge in [-0.3, -0.25) is 14.4 Å². The summed E-state index contributed by atoms with van der Waals surface area (Å²) in [5.41, 5.74) is 0. The van der Waals surface area contributed by atoms with Crippen molar-refractivity contribution in [3.63, 3.8) is 0 Å². The van der Waals surface area contributed by atoms with Gasteiger partial charge in [-0.25, -0.2) is 0 Å². The number of hydrogen-bond donors (Lipinski definition) is 0. The van der Waals surface area contributed by atoms with E-state index in [1.54, 1.807) is 0 Å². The molecule has 7 nitrogen and oxygen atoms in total. The first-order chi connectivity index (χ1) is 8.38. The summed E-state index contributed by atoms with van der Waals surface area (Å²) in [6.45, 7) is 3.54. The van der Waals surface area contributed by atoms with Gasteiger partial charge in [0.1, 0.15) is 0 Å². The molecular formula is C11H14O7. The zero-order chi connectivity index (χ0) is 13.7. The lowest BCUT2D eigenvalue weighted by atomic mass is 10.3. The highest BCUT2D eigenvalue weighted by Gasteiger charge is 2.30. The maximum atomic E-state index is 10.9. The molecule has 0 aromatic heterocycles. The van der Waals surface area contributed by atoms with Crippen LogP contribution in [0, 0.1) is 0 Å². The fourth-order valence-electron chi connectivity index (χ4n) is 1.34. The second-order valence-corrected chi connectivity index (χ2v) is 3.58. The normalized spacial score (nSPS) is 18.1. The molecule has 0 fully saturated rings. The molecule has 0 aromatic rings. The van der Waals surface area contributed by atoms with Crippen molar-refractivity contribution in [3.05, 3.63) is 11.5 Å². The molecular weight excluding hydrogens is 244 g/mol. The number of hydrogen-bond acceptors (Lipinski definition) is 7. The standard InChI is InChI=1S/C11H14O7/c1-6(12)15-5-10-9(16-7(2)13)4-11(18-10)17-8(3)14/h11H,4-5H2,1-3H3/t11-/m1/s1. The van der Waals surface area contributed by atoms with Crippen molar-refractivity contribution in [1.29, 1.82) is 0 Å². The Hall–Kier alpha value is -2.05.